The molecule has 0 aliphatic carbocycles. The lowest BCUT2D eigenvalue weighted by atomic mass is 9.96. The maximum Gasteiger partial charge on any atom is 0.254 e. The van der Waals surface area contributed by atoms with Crippen LogP contribution in [0.25, 0.3) is 10.9 Å². The van der Waals surface area contributed by atoms with E-state index in [4.69, 9.17) is 0 Å². The molecule has 5 nitrogen and oxygen atoms in total. The molecule has 0 saturated heterocycles. The van der Waals surface area contributed by atoms with Gasteiger partial charge in [0, 0.05) is 18.9 Å². The summed E-state index contributed by atoms with van der Waals surface area (Å²) >= 11 is 0. The number of carbonyl (C=O) groups excluding carboxylic acids is 2. The summed E-state index contributed by atoms with van der Waals surface area (Å²) in [6.07, 6.45) is 2.20. The molecule has 0 bridgehead atoms. The van der Waals surface area contributed by atoms with Gasteiger partial charge in [-0.2, -0.15) is 5.10 Å². The van der Waals surface area contributed by atoms with Gasteiger partial charge in [0.05, 0.1) is 23.3 Å². The van der Waals surface area contributed by atoms with E-state index in [1.165, 1.54) is 18.2 Å². The first kappa shape index (κ1) is 20.5. The summed E-state index contributed by atoms with van der Waals surface area (Å²) in [5, 5.41) is 7.91. The number of carbonyl (C=O) groups is 2. The Kier molecular flexibility index (Phi) is 5.89. The maximum atomic E-state index is 14.1. The number of amides is 1. The van der Waals surface area contributed by atoms with Gasteiger partial charge in [0.1, 0.15) is 5.82 Å². The predicted octanol–water partition coefficient (Wildman–Crippen LogP) is 3.87. The number of aryl methyl sites for hydroxylation is 1. The highest BCUT2D eigenvalue weighted by Gasteiger charge is 2.24. The second-order valence-corrected chi connectivity index (χ2v) is 7.46. The molecule has 0 fully saturated rings. The first-order valence-electron chi connectivity index (χ1n) is 10.0. The van der Waals surface area contributed by atoms with E-state index >= 15 is 0 Å². The Balaban J connectivity index is 1.60. The number of Topliss-reactive ketones (excluding diaryl/α,β-unsaturated/α-hetero) is 1. The molecular weight excluding hydrogens is 393 g/mol. The lowest BCUT2D eigenvalue weighted by molar-refractivity contribution is -0.120. The largest absolute Gasteiger partial charge is 0.342 e. The Hall–Kier alpha value is -3.80. The molecule has 0 aliphatic heterocycles. The number of fused-ring (bicyclic) bond motifs is 1. The van der Waals surface area contributed by atoms with E-state index < -0.39 is 17.8 Å². The van der Waals surface area contributed by atoms with Crippen molar-refractivity contribution in [2.45, 2.75) is 18.9 Å². The highest BCUT2D eigenvalue weighted by molar-refractivity contribution is 5.99. The van der Waals surface area contributed by atoms with Gasteiger partial charge < -0.3 is 5.32 Å². The van der Waals surface area contributed by atoms with E-state index in [2.05, 4.69) is 10.4 Å². The number of aromatic nitrogens is 2. The van der Waals surface area contributed by atoms with Crippen LogP contribution in [0.5, 0.6) is 0 Å². The number of rotatable bonds is 7. The van der Waals surface area contributed by atoms with Crippen LogP contribution in [-0.2, 0) is 24.7 Å². The minimum Gasteiger partial charge on any atom is -0.342 e. The van der Waals surface area contributed by atoms with E-state index in [1.807, 2.05) is 55.6 Å². The quantitative estimate of drug-likeness (QED) is 0.498. The highest BCUT2D eigenvalue weighted by Crippen LogP contribution is 2.19. The summed E-state index contributed by atoms with van der Waals surface area (Å²) in [6, 6.07) is 20.1. The predicted molar refractivity (Wildman–Crippen MR) is 117 cm³/mol. The SMILES string of the molecule is Cn1ncc2c(CC(=O)C(Cc3ccccc3)NC(=O)c3ccccc3F)cccc21. The summed E-state index contributed by atoms with van der Waals surface area (Å²) in [7, 11) is 1.85. The molecule has 0 aliphatic rings. The van der Waals surface area contributed by atoms with E-state index in [0.29, 0.717) is 6.42 Å². The number of nitrogens with zero attached hydrogens (tertiary/aromatic N) is 2. The molecule has 4 rings (SSSR count). The lowest BCUT2D eigenvalue weighted by Gasteiger charge is -2.18. The molecule has 0 spiro atoms. The zero-order valence-electron chi connectivity index (χ0n) is 17.1. The van der Waals surface area contributed by atoms with Crippen molar-refractivity contribution in [3.05, 3.63) is 102 Å². The normalized spacial score (nSPS) is 11.9. The van der Waals surface area contributed by atoms with Gasteiger partial charge in [-0.1, -0.05) is 54.6 Å². The molecule has 31 heavy (non-hydrogen) atoms. The minimum atomic E-state index is -0.790. The molecule has 4 aromatic rings. The van der Waals surface area contributed by atoms with E-state index in [-0.39, 0.29) is 17.8 Å². The van der Waals surface area contributed by atoms with Gasteiger partial charge in [0.25, 0.3) is 5.91 Å². The van der Waals surface area contributed by atoms with Crippen molar-refractivity contribution in [3.8, 4) is 0 Å². The second-order valence-electron chi connectivity index (χ2n) is 7.46. The van der Waals surface area contributed by atoms with Gasteiger partial charge in [-0.3, -0.25) is 14.3 Å². The lowest BCUT2D eigenvalue weighted by Crippen LogP contribution is -2.43. The molecule has 156 valence electrons. The summed E-state index contributed by atoms with van der Waals surface area (Å²) in [5.41, 5.74) is 2.60. The van der Waals surface area contributed by atoms with Gasteiger partial charge >= 0.3 is 0 Å². The van der Waals surface area contributed by atoms with Gasteiger partial charge in [-0.15, -0.1) is 0 Å². The Morgan fingerprint density at radius 1 is 1.00 bits per heavy atom. The first-order valence-corrected chi connectivity index (χ1v) is 10.0. The monoisotopic (exact) mass is 415 g/mol. The maximum absolute atomic E-state index is 14.1. The standard InChI is InChI=1S/C25H22FN3O2/c1-29-23-13-7-10-18(20(23)16-27-29)15-24(30)22(14-17-8-3-2-4-9-17)28-25(31)19-11-5-6-12-21(19)26/h2-13,16,22H,14-15H2,1H3,(H,28,31). The molecule has 6 heteroatoms. The second kappa shape index (κ2) is 8.92. The van der Waals surface area contributed by atoms with Crippen molar-refractivity contribution in [2.24, 2.45) is 7.05 Å². The third kappa shape index (κ3) is 4.53. The van der Waals surface area contributed by atoms with Crippen molar-refractivity contribution in [1.82, 2.24) is 15.1 Å². The van der Waals surface area contributed by atoms with Crippen LogP contribution < -0.4 is 5.32 Å². The molecule has 0 saturated carbocycles. The van der Waals surface area contributed by atoms with E-state index in [9.17, 15) is 14.0 Å². The number of hydrogen-bond donors (Lipinski definition) is 1. The molecular formula is C25H22FN3O2. The average molecular weight is 415 g/mol. The van der Waals surface area contributed by atoms with Crippen LogP contribution in [0.2, 0.25) is 0 Å². The fourth-order valence-corrected chi connectivity index (χ4v) is 3.68. The Morgan fingerprint density at radius 3 is 2.52 bits per heavy atom. The van der Waals surface area contributed by atoms with Crippen molar-refractivity contribution in [2.75, 3.05) is 0 Å². The summed E-state index contributed by atoms with van der Waals surface area (Å²) in [4.78, 5) is 26.0. The minimum absolute atomic E-state index is 0.0808. The summed E-state index contributed by atoms with van der Waals surface area (Å²) in [6.45, 7) is 0. The van der Waals surface area contributed by atoms with Crippen LogP contribution in [0, 0.1) is 5.82 Å². The van der Waals surface area contributed by atoms with Crippen molar-refractivity contribution < 1.29 is 14.0 Å². The first-order chi connectivity index (χ1) is 15.0. The number of halogens is 1. The zero-order valence-corrected chi connectivity index (χ0v) is 17.1. The van der Waals surface area contributed by atoms with Crippen LogP contribution in [0.3, 0.4) is 0 Å². The van der Waals surface area contributed by atoms with Crippen LogP contribution in [0.4, 0.5) is 4.39 Å². The van der Waals surface area contributed by atoms with E-state index in [1.54, 1.807) is 16.9 Å². The number of ketones is 1. The number of hydrogen-bond acceptors (Lipinski definition) is 3. The third-order valence-corrected chi connectivity index (χ3v) is 5.34. The molecule has 1 unspecified atom stereocenters. The Bertz CT molecular complexity index is 1230. The number of nitrogens with one attached hydrogen (secondary N) is 1. The van der Waals surface area contributed by atoms with Crippen LogP contribution in [0.1, 0.15) is 21.5 Å². The third-order valence-electron chi connectivity index (χ3n) is 5.34. The number of benzene rings is 3. The molecule has 1 heterocycles. The summed E-state index contributed by atoms with van der Waals surface area (Å²) in [5.74, 6) is -1.37. The molecule has 1 N–H and O–H groups in total. The highest BCUT2D eigenvalue weighted by atomic mass is 19.1. The van der Waals surface area contributed by atoms with Gasteiger partial charge in [-0.25, -0.2) is 4.39 Å². The Morgan fingerprint density at radius 2 is 1.74 bits per heavy atom. The van der Waals surface area contributed by atoms with Crippen LogP contribution in [0.15, 0.2) is 79.0 Å². The van der Waals surface area contributed by atoms with E-state index in [0.717, 1.165) is 22.0 Å². The van der Waals surface area contributed by atoms with Crippen LogP contribution >= 0.6 is 0 Å². The topological polar surface area (TPSA) is 64.0 Å². The average Bonchev–Trinajstić information content (AvgIpc) is 3.16. The Labute approximate surface area is 179 Å². The van der Waals surface area contributed by atoms with Crippen molar-refractivity contribution in [3.63, 3.8) is 0 Å². The van der Waals surface area contributed by atoms with Gasteiger partial charge in [0.15, 0.2) is 5.78 Å². The fourth-order valence-electron chi connectivity index (χ4n) is 3.68. The van der Waals surface area contributed by atoms with Crippen molar-refractivity contribution >= 4 is 22.6 Å². The molecule has 0 radical (unpaired) electrons. The molecule has 3 aromatic carbocycles. The van der Waals surface area contributed by atoms with Gasteiger partial charge in [0.2, 0.25) is 0 Å². The van der Waals surface area contributed by atoms with Gasteiger partial charge in [-0.05, 0) is 35.7 Å². The van der Waals surface area contributed by atoms with Crippen LogP contribution in [-0.4, -0.2) is 27.5 Å². The molecule has 1 atom stereocenters. The smallest absolute Gasteiger partial charge is 0.254 e. The van der Waals surface area contributed by atoms with Crippen molar-refractivity contribution in [1.29, 1.82) is 0 Å². The zero-order chi connectivity index (χ0) is 21.8. The fraction of sp³-hybridized carbons (Fsp3) is 0.160. The molecule has 1 aromatic heterocycles. The molecule has 1 amide bonds. The summed E-state index contributed by atoms with van der Waals surface area (Å²) < 4.78 is 15.8.